The zero-order valence-electron chi connectivity index (χ0n) is 9.52. The molecule has 88 valence electrons. The van der Waals surface area contributed by atoms with Crippen molar-refractivity contribution in [1.29, 1.82) is 0 Å². The zero-order valence-corrected chi connectivity index (χ0v) is 10.3. The number of urea groups is 1. The van der Waals surface area contributed by atoms with E-state index in [1.807, 2.05) is 32.0 Å². The van der Waals surface area contributed by atoms with Crippen molar-refractivity contribution in [3.63, 3.8) is 0 Å². The van der Waals surface area contributed by atoms with E-state index >= 15 is 0 Å². The summed E-state index contributed by atoms with van der Waals surface area (Å²) < 4.78 is 7.68. The largest absolute Gasteiger partial charge is 0.324 e. The number of nitrogens with one attached hydrogen (secondary N) is 2. The lowest BCUT2D eigenvalue weighted by atomic mass is 10.1. The molecule has 17 heavy (non-hydrogen) atoms. The standard InChI is InChI=1S/C11H12N4OS/c1-7-3-4-9(5-8(7)2)13-11(16)14-10-6-12-17-15-10/h3-6H,1-2H3,(H2,13,14,15,16). The van der Waals surface area contributed by atoms with Gasteiger partial charge in [-0.15, -0.1) is 0 Å². The highest BCUT2D eigenvalue weighted by Crippen LogP contribution is 2.14. The van der Waals surface area contributed by atoms with Gasteiger partial charge in [-0.2, -0.15) is 8.75 Å². The third-order valence-electron chi connectivity index (χ3n) is 2.37. The van der Waals surface area contributed by atoms with Gasteiger partial charge >= 0.3 is 6.03 Å². The van der Waals surface area contributed by atoms with Crippen LogP contribution in [0.1, 0.15) is 11.1 Å². The lowest BCUT2D eigenvalue weighted by molar-refractivity contribution is 0.262. The van der Waals surface area contributed by atoms with Crippen LogP contribution in [-0.4, -0.2) is 14.8 Å². The number of rotatable bonds is 2. The fourth-order valence-electron chi connectivity index (χ4n) is 1.32. The molecule has 5 nitrogen and oxygen atoms in total. The Morgan fingerprint density at radius 1 is 1.24 bits per heavy atom. The van der Waals surface area contributed by atoms with E-state index in [-0.39, 0.29) is 6.03 Å². The number of anilines is 2. The van der Waals surface area contributed by atoms with Crippen LogP contribution in [0.4, 0.5) is 16.3 Å². The third-order valence-corrected chi connectivity index (χ3v) is 2.85. The van der Waals surface area contributed by atoms with Gasteiger partial charge in [0.25, 0.3) is 0 Å². The first-order valence-corrected chi connectivity index (χ1v) is 5.81. The minimum atomic E-state index is -0.319. The quantitative estimate of drug-likeness (QED) is 0.858. The fraction of sp³-hybridized carbons (Fsp3) is 0.182. The van der Waals surface area contributed by atoms with Crippen LogP contribution < -0.4 is 10.6 Å². The van der Waals surface area contributed by atoms with Crippen molar-refractivity contribution in [1.82, 2.24) is 8.75 Å². The number of carbonyl (C=O) groups is 1. The maximum atomic E-state index is 11.6. The van der Waals surface area contributed by atoms with Crippen LogP contribution in [-0.2, 0) is 0 Å². The summed E-state index contributed by atoms with van der Waals surface area (Å²) in [6, 6.07) is 5.44. The molecule has 2 rings (SSSR count). The zero-order chi connectivity index (χ0) is 12.3. The van der Waals surface area contributed by atoms with Crippen molar-refractivity contribution in [3.8, 4) is 0 Å². The van der Waals surface area contributed by atoms with Crippen molar-refractivity contribution >= 4 is 29.3 Å². The first-order valence-electron chi connectivity index (χ1n) is 5.08. The van der Waals surface area contributed by atoms with Gasteiger partial charge < -0.3 is 5.32 Å². The molecule has 0 fully saturated rings. The maximum Gasteiger partial charge on any atom is 0.324 e. The van der Waals surface area contributed by atoms with E-state index in [2.05, 4.69) is 19.4 Å². The van der Waals surface area contributed by atoms with E-state index in [0.717, 1.165) is 23.0 Å². The van der Waals surface area contributed by atoms with Gasteiger partial charge in [-0.1, -0.05) is 6.07 Å². The number of nitrogens with zero attached hydrogens (tertiary/aromatic N) is 2. The maximum absolute atomic E-state index is 11.6. The van der Waals surface area contributed by atoms with E-state index in [1.165, 1.54) is 11.8 Å². The minimum Gasteiger partial charge on any atom is -0.308 e. The molecule has 1 heterocycles. The molecule has 0 unspecified atom stereocenters. The lowest BCUT2D eigenvalue weighted by Gasteiger charge is -2.07. The van der Waals surface area contributed by atoms with Gasteiger partial charge in [0.05, 0.1) is 17.9 Å². The molecule has 0 aliphatic rings. The van der Waals surface area contributed by atoms with Crippen LogP contribution in [0.15, 0.2) is 24.4 Å². The number of aromatic nitrogens is 2. The van der Waals surface area contributed by atoms with Crippen molar-refractivity contribution < 1.29 is 4.79 Å². The first kappa shape index (κ1) is 11.5. The van der Waals surface area contributed by atoms with E-state index in [9.17, 15) is 4.79 Å². The summed E-state index contributed by atoms with van der Waals surface area (Å²) in [5.41, 5.74) is 3.09. The molecule has 0 aliphatic heterocycles. The van der Waals surface area contributed by atoms with Gasteiger partial charge in [0.1, 0.15) is 0 Å². The minimum absolute atomic E-state index is 0.319. The van der Waals surface area contributed by atoms with Crippen LogP contribution in [0, 0.1) is 13.8 Å². The Bertz CT molecular complexity index is 524. The summed E-state index contributed by atoms with van der Waals surface area (Å²) in [5.74, 6) is 0.455. The van der Waals surface area contributed by atoms with Gasteiger partial charge in [0.15, 0.2) is 5.82 Å². The number of aryl methyl sites for hydroxylation is 2. The van der Waals surface area contributed by atoms with Crippen LogP contribution >= 0.6 is 11.7 Å². The average molecular weight is 248 g/mol. The van der Waals surface area contributed by atoms with Gasteiger partial charge in [-0.05, 0) is 37.1 Å². The van der Waals surface area contributed by atoms with Crippen LogP contribution in [0.5, 0.6) is 0 Å². The lowest BCUT2D eigenvalue weighted by Crippen LogP contribution is -2.19. The average Bonchev–Trinajstić information content (AvgIpc) is 2.76. The van der Waals surface area contributed by atoms with E-state index in [1.54, 1.807) is 0 Å². The van der Waals surface area contributed by atoms with Crippen molar-refractivity contribution in [2.45, 2.75) is 13.8 Å². The summed E-state index contributed by atoms with van der Waals surface area (Å²) >= 11 is 1.05. The molecule has 0 atom stereocenters. The number of carbonyl (C=O) groups excluding carboxylic acids is 1. The summed E-state index contributed by atoms with van der Waals surface area (Å²) in [6.45, 7) is 4.03. The Morgan fingerprint density at radius 2 is 2.06 bits per heavy atom. The number of amides is 2. The Kier molecular flexibility index (Phi) is 3.34. The molecule has 2 aromatic rings. The predicted octanol–water partition coefficient (Wildman–Crippen LogP) is 2.80. The highest BCUT2D eigenvalue weighted by atomic mass is 32.1. The normalized spacial score (nSPS) is 10.0. The Hall–Kier alpha value is -1.95. The summed E-state index contributed by atoms with van der Waals surface area (Å²) in [5, 5.41) is 5.33. The molecular formula is C11H12N4OS. The first-order chi connectivity index (χ1) is 8.15. The second-order valence-corrected chi connectivity index (χ2v) is 4.23. The van der Waals surface area contributed by atoms with Gasteiger partial charge in [0.2, 0.25) is 0 Å². The molecule has 0 saturated carbocycles. The molecule has 0 saturated heterocycles. The van der Waals surface area contributed by atoms with Gasteiger partial charge in [-0.25, -0.2) is 4.79 Å². The highest BCUT2D eigenvalue weighted by Gasteiger charge is 2.04. The van der Waals surface area contributed by atoms with Crippen LogP contribution in [0.25, 0.3) is 0 Å². The summed E-state index contributed by atoms with van der Waals surface area (Å²) in [4.78, 5) is 11.6. The van der Waals surface area contributed by atoms with Gasteiger partial charge in [-0.3, -0.25) is 5.32 Å². The topological polar surface area (TPSA) is 66.9 Å². The van der Waals surface area contributed by atoms with Crippen molar-refractivity contribution in [3.05, 3.63) is 35.5 Å². The number of hydrogen-bond acceptors (Lipinski definition) is 4. The summed E-state index contributed by atoms with van der Waals surface area (Å²) in [7, 11) is 0. The highest BCUT2D eigenvalue weighted by molar-refractivity contribution is 6.99. The van der Waals surface area contributed by atoms with Crippen LogP contribution in [0.2, 0.25) is 0 Å². The molecular weight excluding hydrogens is 236 g/mol. The monoisotopic (exact) mass is 248 g/mol. The Balaban J connectivity index is 2.00. The molecule has 2 N–H and O–H groups in total. The molecule has 0 bridgehead atoms. The second-order valence-electron chi connectivity index (χ2n) is 3.67. The smallest absolute Gasteiger partial charge is 0.308 e. The van der Waals surface area contributed by atoms with Crippen molar-refractivity contribution in [2.24, 2.45) is 0 Å². The molecule has 1 aromatic heterocycles. The van der Waals surface area contributed by atoms with Crippen molar-refractivity contribution in [2.75, 3.05) is 10.6 Å². The molecule has 0 spiro atoms. The Labute approximate surface area is 103 Å². The van der Waals surface area contributed by atoms with E-state index in [4.69, 9.17) is 0 Å². The number of benzene rings is 1. The third kappa shape index (κ3) is 3.01. The van der Waals surface area contributed by atoms with Gasteiger partial charge in [0, 0.05) is 5.69 Å². The van der Waals surface area contributed by atoms with Crippen LogP contribution in [0.3, 0.4) is 0 Å². The molecule has 2 amide bonds. The predicted molar refractivity (Wildman–Crippen MR) is 68.5 cm³/mol. The summed E-state index contributed by atoms with van der Waals surface area (Å²) in [6.07, 6.45) is 1.50. The molecule has 0 radical (unpaired) electrons. The second kappa shape index (κ2) is 4.92. The number of hydrogen-bond donors (Lipinski definition) is 2. The molecule has 1 aromatic carbocycles. The SMILES string of the molecule is Cc1ccc(NC(=O)Nc2cnsn2)cc1C. The molecule has 0 aliphatic carbocycles. The van der Waals surface area contributed by atoms with E-state index < -0.39 is 0 Å². The Morgan fingerprint density at radius 3 is 2.71 bits per heavy atom. The van der Waals surface area contributed by atoms with E-state index in [0.29, 0.717) is 5.82 Å². The molecule has 6 heteroatoms. The fourth-order valence-corrected chi connectivity index (χ4v) is 1.69.